The lowest BCUT2D eigenvalue weighted by atomic mass is 10.1. The summed E-state index contributed by atoms with van der Waals surface area (Å²) in [5, 5.41) is 0.477. The van der Waals surface area contributed by atoms with Gasteiger partial charge >= 0.3 is 6.01 Å². The maximum atomic E-state index is 12.2. The van der Waals surface area contributed by atoms with Crippen LogP contribution >= 0.6 is 0 Å². The highest BCUT2D eigenvalue weighted by Crippen LogP contribution is 2.32. The van der Waals surface area contributed by atoms with E-state index in [0.717, 1.165) is 36.6 Å². The van der Waals surface area contributed by atoms with E-state index in [9.17, 15) is 4.79 Å². The lowest BCUT2D eigenvalue weighted by molar-refractivity contribution is 0.288. The Morgan fingerprint density at radius 3 is 2.80 bits per heavy atom. The van der Waals surface area contributed by atoms with E-state index in [1.807, 2.05) is 37.4 Å². The van der Waals surface area contributed by atoms with E-state index in [-0.39, 0.29) is 11.6 Å². The van der Waals surface area contributed by atoms with Crippen molar-refractivity contribution in [1.82, 2.24) is 15.0 Å². The van der Waals surface area contributed by atoms with Gasteiger partial charge in [-0.3, -0.25) is 14.8 Å². The molecule has 7 nitrogen and oxygen atoms in total. The molecular weight excluding hydrogens is 380 g/mol. The highest BCUT2D eigenvalue weighted by molar-refractivity contribution is 5.76. The summed E-state index contributed by atoms with van der Waals surface area (Å²) in [7, 11) is 2.02. The number of hydrogen-bond acceptors (Lipinski definition) is 6. The van der Waals surface area contributed by atoms with E-state index >= 15 is 0 Å². The van der Waals surface area contributed by atoms with Crippen molar-refractivity contribution in [2.45, 2.75) is 12.8 Å². The van der Waals surface area contributed by atoms with Crippen molar-refractivity contribution in [3.05, 3.63) is 76.8 Å². The number of rotatable bonds is 4. The summed E-state index contributed by atoms with van der Waals surface area (Å²) in [6.07, 6.45) is 5.19. The average Bonchev–Trinajstić information content (AvgIpc) is 2.79. The summed E-state index contributed by atoms with van der Waals surface area (Å²) in [5.74, 6) is 1.56. The van der Waals surface area contributed by atoms with Gasteiger partial charge in [-0.2, -0.15) is 4.98 Å². The van der Waals surface area contributed by atoms with Gasteiger partial charge < -0.3 is 14.4 Å². The summed E-state index contributed by atoms with van der Waals surface area (Å²) < 4.78 is 11.5. The minimum Gasteiger partial charge on any atom is -0.493 e. The molecule has 2 aromatic carbocycles. The predicted octanol–water partition coefficient (Wildman–Crippen LogP) is 4.20. The SMILES string of the molecule is CN(c1ccc(Oc2nc3cnccc3c(=O)[nH]2)cc1)c1ccc2c(c1)CCCO2. The summed E-state index contributed by atoms with van der Waals surface area (Å²) in [6.45, 7) is 0.789. The van der Waals surface area contributed by atoms with Crippen molar-refractivity contribution >= 4 is 22.3 Å². The fraction of sp³-hybridized carbons (Fsp3) is 0.174. The summed E-state index contributed by atoms with van der Waals surface area (Å²) in [6, 6.07) is 15.7. The van der Waals surface area contributed by atoms with E-state index in [0.29, 0.717) is 16.7 Å². The number of aromatic nitrogens is 3. The topological polar surface area (TPSA) is 80.3 Å². The zero-order valence-corrected chi connectivity index (χ0v) is 16.5. The third kappa shape index (κ3) is 3.45. The molecule has 7 heteroatoms. The van der Waals surface area contributed by atoms with Crippen LogP contribution in [0.3, 0.4) is 0 Å². The summed E-state index contributed by atoms with van der Waals surface area (Å²) in [5.41, 5.74) is 3.59. The largest absolute Gasteiger partial charge is 0.493 e. The number of anilines is 2. The minimum atomic E-state index is -0.259. The van der Waals surface area contributed by atoms with E-state index in [2.05, 4.69) is 32.0 Å². The highest BCUT2D eigenvalue weighted by atomic mass is 16.5. The second-order valence-electron chi connectivity index (χ2n) is 7.16. The molecule has 1 N–H and O–H groups in total. The van der Waals surface area contributed by atoms with Crippen LogP contribution in [0.15, 0.2) is 65.7 Å². The molecule has 0 aliphatic carbocycles. The first kappa shape index (κ1) is 18.2. The Hall–Kier alpha value is -3.87. The van der Waals surface area contributed by atoms with Gasteiger partial charge in [-0.25, -0.2) is 0 Å². The number of nitrogens with one attached hydrogen (secondary N) is 1. The van der Waals surface area contributed by atoms with Crippen LogP contribution in [-0.4, -0.2) is 28.6 Å². The van der Waals surface area contributed by atoms with Crippen LogP contribution in [0.5, 0.6) is 17.5 Å². The van der Waals surface area contributed by atoms with Gasteiger partial charge in [0.25, 0.3) is 5.56 Å². The van der Waals surface area contributed by atoms with Crippen LogP contribution in [0.4, 0.5) is 11.4 Å². The zero-order chi connectivity index (χ0) is 20.5. The Bertz CT molecular complexity index is 1270. The number of pyridine rings is 1. The molecule has 4 aromatic rings. The maximum Gasteiger partial charge on any atom is 0.302 e. The van der Waals surface area contributed by atoms with Gasteiger partial charge in [0.1, 0.15) is 11.5 Å². The van der Waals surface area contributed by atoms with Crippen molar-refractivity contribution in [3.63, 3.8) is 0 Å². The van der Waals surface area contributed by atoms with Crippen LogP contribution in [0.1, 0.15) is 12.0 Å². The molecule has 5 rings (SSSR count). The van der Waals surface area contributed by atoms with Crippen molar-refractivity contribution in [2.75, 3.05) is 18.6 Å². The third-order valence-corrected chi connectivity index (χ3v) is 5.21. The quantitative estimate of drug-likeness (QED) is 0.553. The molecule has 0 spiro atoms. The molecule has 0 saturated heterocycles. The molecule has 0 radical (unpaired) electrons. The van der Waals surface area contributed by atoms with Gasteiger partial charge in [-0.1, -0.05) is 0 Å². The zero-order valence-electron chi connectivity index (χ0n) is 16.5. The maximum absolute atomic E-state index is 12.2. The van der Waals surface area contributed by atoms with Gasteiger partial charge in [0, 0.05) is 24.6 Å². The fourth-order valence-corrected chi connectivity index (χ4v) is 3.57. The summed E-state index contributed by atoms with van der Waals surface area (Å²) >= 11 is 0. The Morgan fingerprint density at radius 1 is 1.10 bits per heavy atom. The molecule has 1 aliphatic rings. The minimum absolute atomic E-state index is 0.135. The van der Waals surface area contributed by atoms with Gasteiger partial charge in [0.15, 0.2) is 0 Å². The van der Waals surface area contributed by atoms with E-state index in [1.165, 1.54) is 5.56 Å². The first-order valence-corrected chi connectivity index (χ1v) is 9.79. The Balaban J connectivity index is 1.36. The van der Waals surface area contributed by atoms with Crippen LogP contribution in [0, 0.1) is 0 Å². The number of H-pyrrole nitrogens is 1. The smallest absolute Gasteiger partial charge is 0.302 e. The van der Waals surface area contributed by atoms with Gasteiger partial charge in [0.05, 0.1) is 23.7 Å². The lowest BCUT2D eigenvalue weighted by Crippen LogP contribution is -2.12. The Labute approximate surface area is 172 Å². The van der Waals surface area contributed by atoms with E-state index in [4.69, 9.17) is 9.47 Å². The molecule has 150 valence electrons. The molecule has 0 bridgehead atoms. The van der Waals surface area contributed by atoms with Crippen LogP contribution in [-0.2, 0) is 6.42 Å². The van der Waals surface area contributed by atoms with Gasteiger partial charge in [0.2, 0.25) is 0 Å². The van der Waals surface area contributed by atoms with E-state index in [1.54, 1.807) is 18.5 Å². The Kier molecular flexibility index (Phi) is 4.55. The molecular formula is C23H20N4O3. The monoisotopic (exact) mass is 400 g/mol. The fourth-order valence-electron chi connectivity index (χ4n) is 3.57. The van der Waals surface area contributed by atoms with Gasteiger partial charge in [-0.05, 0) is 66.9 Å². The number of hydrogen-bond donors (Lipinski definition) is 1. The molecule has 0 saturated carbocycles. The first-order chi connectivity index (χ1) is 14.7. The molecule has 1 aliphatic heterocycles. The average molecular weight is 400 g/mol. The second-order valence-corrected chi connectivity index (χ2v) is 7.16. The highest BCUT2D eigenvalue weighted by Gasteiger charge is 2.13. The standard InChI is InChI=1S/C23H20N4O3/c1-27(17-6-9-21-15(13-17)3-2-12-29-21)16-4-7-18(8-5-16)30-23-25-20-14-24-11-10-19(20)22(28)26-23/h4-11,13-14H,2-3,12H2,1H3,(H,25,26,28). The summed E-state index contributed by atoms with van der Waals surface area (Å²) in [4.78, 5) is 25.3. The Morgan fingerprint density at radius 2 is 1.93 bits per heavy atom. The molecule has 3 heterocycles. The van der Waals surface area contributed by atoms with Crippen molar-refractivity contribution in [3.8, 4) is 17.5 Å². The number of fused-ring (bicyclic) bond motifs is 2. The van der Waals surface area contributed by atoms with Crippen molar-refractivity contribution < 1.29 is 9.47 Å². The molecule has 0 atom stereocenters. The molecule has 2 aromatic heterocycles. The number of aromatic amines is 1. The van der Waals surface area contributed by atoms with E-state index < -0.39 is 0 Å². The molecule has 30 heavy (non-hydrogen) atoms. The third-order valence-electron chi connectivity index (χ3n) is 5.21. The van der Waals surface area contributed by atoms with Crippen LogP contribution < -0.4 is 19.9 Å². The number of aryl methyl sites for hydroxylation is 1. The number of benzene rings is 2. The number of nitrogens with zero attached hydrogens (tertiary/aromatic N) is 3. The van der Waals surface area contributed by atoms with Crippen LogP contribution in [0.2, 0.25) is 0 Å². The van der Waals surface area contributed by atoms with Crippen LogP contribution in [0.25, 0.3) is 10.9 Å². The second kappa shape index (κ2) is 7.51. The predicted molar refractivity (Wildman–Crippen MR) is 115 cm³/mol. The van der Waals surface area contributed by atoms with Crippen molar-refractivity contribution in [1.29, 1.82) is 0 Å². The lowest BCUT2D eigenvalue weighted by Gasteiger charge is -2.23. The molecule has 0 fully saturated rings. The normalized spacial score (nSPS) is 12.8. The van der Waals surface area contributed by atoms with Crippen molar-refractivity contribution in [2.24, 2.45) is 0 Å². The first-order valence-electron chi connectivity index (χ1n) is 9.79. The number of ether oxygens (including phenoxy) is 2. The molecule has 0 amide bonds. The molecule has 0 unspecified atom stereocenters. The van der Waals surface area contributed by atoms with Gasteiger partial charge in [-0.15, -0.1) is 0 Å².